The Morgan fingerprint density at radius 1 is 1.02 bits per heavy atom. The Hall–Kier alpha value is -3.09. The highest BCUT2D eigenvalue weighted by Crippen LogP contribution is 2.38. The first-order valence-corrected chi connectivity index (χ1v) is 14.2. The summed E-state index contributed by atoms with van der Waals surface area (Å²) in [7, 11) is 0. The fourth-order valence-corrected chi connectivity index (χ4v) is 5.96. The Morgan fingerprint density at radius 2 is 1.72 bits per heavy atom. The van der Waals surface area contributed by atoms with Crippen molar-refractivity contribution in [1.82, 2.24) is 14.7 Å². The van der Waals surface area contributed by atoms with Crippen LogP contribution < -0.4 is 9.80 Å². The molecule has 1 atom stereocenters. The van der Waals surface area contributed by atoms with E-state index in [1.54, 1.807) is 6.07 Å². The number of piperazine rings is 1. The van der Waals surface area contributed by atoms with Crippen LogP contribution in [-0.2, 0) is 0 Å². The van der Waals surface area contributed by atoms with Crippen molar-refractivity contribution in [3.05, 3.63) is 64.9 Å². The summed E-state index contributed by atoms with van der Waals surface area (Å²) >= 11 is 6.39. The van der Waals surface area contributed by atoms with Gasteiger partial charge in [-0.05, 0) is 42.7 Å². The standard InChI is InChI=1S/C29H31ClF5N5O2.ClH/c30-20-5-8-23(19-3-6-21(7-4-19)38-14-12-37(13-15-38)11-9-29(33,34)35)25(16-20)39-10-1-2-22(18-39)40-26(27(31)32)24(17-36-40)28(41)42;/h3-8,16-17,22,27H,1-2,9-15,18H2,(H,41,42);1H. The number of hydrogen-bond donors (Lipinski definition) is 1. The van der Waals surface area contributed by atoms with E-state index in [2.05, 4.69) is 14.9 Å². The first kappa shape index (κ1) is 32.8. The minimum atomic E-state index is -4.15. The summed E-state index contributed by atoms with van der Waals surface area (Å²) < 4.78 is 66.6. The van der Waals surface area contributed by atoms with Gasteiger partial charge in [0.1, 0.15) is 11.3 Å². The Bertz CT molecular complexity index is 1390. The maximum atomic E-state index is 13.9. The minimum absolute atomic E-state index is 0. The van der Waals surface area contributed by atoms with E-state index in [0.29, 0.717) is 57.1 Å². The van der Waals surface area contributed by atoms with Crippen LogP contribution in [0.25, 0.3) is 11.1 Å². The molecule has 3 aromatic rings. The van der Waals surface area contributed by atoms with E-state index in [1.165, 1.54) is 0 Å². The molecule has 1 N–H and O–H groups in total. The number of carboxylic acids is 1. The van der Waals surface area contributed by atoms with E-state index in [1.807, 2.05) is 41.3 Å². The summed E-state index contributed by atoms with van der Waals surface area (Å²) in [5.41, 5.74) is 2.57. The second-order valence-corrected chi connectivity index (χ2v) is 11.1. The Labute approximate surface area is 257 Å². The molecule has 2 aliphatic rings. The molecule has 14 heteroatoms. The molecular weight excluding hydrogens is 616 g/mol. The van der Waals surface area contributed by atoms with Gasteiger partial charge < -0.3 is 14.9 Å². The lowest BCUT2D eigenvalue weighted by Gasteiger charge is -2.37. The number of hydrogen-bond acceptors (Lipinski definition) is 5. The lowest BCUT2D eigenvalue weighted by atomic mass is 9.99. The van der Waals surface area contributed by atoms with Gasteiger partial charge in [-0.25, -0.2) is 13.6 Å². The third-order valence-corrected chi connectivity index (χ3v) is 8.18. The van der Waals surface area contributed by atoms with Gasteiger partial charge in [0.2, 0.25) is 0 Å². The number of piperidine rings is 1. The largest absolute Gasteiger partial charge is 0.478 e. The fourth-order valence-electron chi connectivity index (χ4n) is 5.80. The molecule has 1 aromatic heterocycles. The van der Waals surface area contributed by atoms with Crippen molar-refractivity contribution in [2.75, 3.05) is 55.6 Å². The van der Waals surface area contributed by atoms with E-state index in [-0.39, 0.29) is 19.0 Å². The fraction of sp³-hybridized carbons (Fsp3) is 0.448. The van der Waals surface area contributed by atoms with E-state index < -0.39 is 42.3 Å². The SMILES string of the molecule is Cl.O=C(O)c1cnn(C2CCCN(c3cc(Cl)ccc3-c3ccc(N4CCN(CCC(F)(F)F)CC4)cc3)C2)c1C(F)F. The molecular formula is C29H32Cl2F5N5O2. The number of aromatic carboxylic acids is 1. The molecule has 2 aliphatic heterocycles. The summed E-state index contributed by atoms with van der Waals surface area (Å²) in [6, 6.07) is 13.1. The van der Waals surface area contributed by atoms with Gasteiger partial charge in [0.15, 0.2) is 0 Å². The number of nitrogens with zero attached hydrogens (tertiary/aromatic N) is 5. The molecule has 234 valence electrons. The number of carboxylic acid groups (broad SMARTS) is 1. The van der Waals surface area contributed by atoms with Crippen molar-refractivity contribution in [3.8, 4) is 11.1 Å². The van der Waals surface area contributed by atoms with Crippen molar-refractivity contribution < 1.29 is 31.9 Å². The van der Waals surface area contributed by atoms with Gasteiger partial charge in [-0.3, -0.25) is 9.58 Å². The monoisotopic (exact) mass is 647 g/mol. The molecule has 1 unspecified atom stereocenters. The lowest BCUT2D eigenvalue weighted by molar-refractivity contribution is -0.138. The van der Waals surface area contributed by atoms with Crippen LogP contribution in [0, 0.1) is 0 Å². The number of benzene rings is 2. The molecule has 0 amide bonds. The van der Waals surface area contributed by atoms with Crippen LogP contribution in [0.5, 0.6) is 0 Å². The van der Waals surface area contributed by atoms with Crippen LogP contribution in [0.1, 0.15) is 47.8 Å². The van der Waals surface area contributed by atoms with Gasteiger partial charge in [-0.2, -0.15) is 18.3 Å². The van der Waals surface area contributed by atoms with Gasteiger partial charge in [0, 0.05) is 67.8 Å². The number of halogens is 7. The second-order valence-electron chi connectivity index (χ2n) is 10.6. The van der Waals surface area contributed by atoms with Crippen LogP contribution in [-0.4, -0.2) is 77.7 Å². The molecule has 0 bridgehead atoms. The zero-order valence-electron chi connectivity index (χ0n) is 23.1. The van der Waals surface area contributed by atoms with Crippen LogP contribution >= 0.6 is 24.0 Å². The maximum absolute atomic E-state index is 13.9. The topological polar surface area (TPSA) is 64.8 Å². The Morgan fingerprint density at radius 3 is 2.35 bits per heavy atom. The first-order chi connectivity index (χ1) is 20.0. The van der Waals surface area contributed by atoms with Crippen LogP contribution in [0.3, 0.4) is 0 Å². The van der Waals surface area contributed by atoms with Gasteiger partial charge in [0.25, 0.3) is 6.43 Å². The second kappa shape index (κ2) is 13.7. The van der Waals surface area contributed by atoms with Crippen molar-refractivity contribution >= 4 is 41.4 Å². The van der Waals surface area contributed by atoms with E-state index in [4.69, 9.17) is 11.6 Å². The Kier molecular flexibility index (Phi) is 10.4. The van der Waals surface area contributed by atoms with Gasteiger partial charge in [-0.1, -0.05) is 29.8 Å². The average molecular weight is 649 g/mol. The quantitative estimate of drug-likeness (QED) is 0.261. The van der Waals surface area contributed by atoms with Crippen LogP contribution in [0.4, 0.5) is 33.3 Å². The van der Waals surface area contributed by atoms with E-state index >= 15 is 0 Å². The lowest BCUT2D eigenvalue weighted by Crippen LogP contribution is -2.47. The van der Waals surface area contributed by atoms with Crippen molar-refractivity contribution in [3.63, 3.8) is 0 Å². The third kappa shape index (κ3) is 7.71. The number of rotatable bonds is 8. The van der Waals surface area contributed by atoms with Gasteiger partial charge in [-0.15, -0.1) is 12.4 Å². The molecule has 0 saturated carbocycles. The summed E-state index contributed by atoms with van der Waals surface area (Å²) in [6.07, 6.45) is -5.68. The highest BCUT2D eigenvalue weighted by molar-refractivity contribution is 6.31. The number of carbonyl (C=O) groups is 1. The predicted molar refractivity (Wildman–Crippen MR) is 158 cm³/mol. The van der Waals surface area contributed by atoms with Gasteiger partial charge >= 0.3 is 12.1 Å². The minimum Gasteiger partial charge on any atom is -0.478 e. The predicted octanol–water partition coefficient (Wildman–Crippen LogP) is 7.18. The number of alkyl halides is 5. The molecule has 7 nitrogen and oxygen atoms in total. The third-order valence-electron chi connectivity index (χ3n) is 7.94. The average Bonchev–Trinajstić information content (AvgIpc) is 3.43. The zero-order valence-corrected chi connectivity index (χ0v) is 24.7. The normalized spacial score (nSPS) is 18.2. The molecule has 2 saturated heterocycles. The summed E-state index contributed by atoms with van der Waals surface area (Å²) in [5, 5.41) is 13.9. The van der Waals surface area contributed by atoms with E-state index in [0.717, 1.165) is 33.4 Å². The molecule has 3 heterocycles. The number of aromatic nitrogens is 2. The molecule has 2 fully saturated rings. The number of anilines is 2. The van der Waals surface area contributed by atoms with Crippen molar-refractivity contribution in [2.24, 2.45) is 0 Å². The molecule has 5 rings (SSSR count). The smallest absolute Gasteiger partial charge is 0.390 e. The molecule has 0 aliphatic carbocycles. The highest BCUT2D eigenvalue weighted by atomic mass is 35.5. The van der Waals surface area contributed by atoms with Crippen molar-refractivity contribution in [2.45, 2.75) is 37.9 Å². The van der Waals surface area contributed by atoms with Gasteiger partial charge in [0.05, 0.1) is 18.7 Å². The molecule has 0 spiro atoms. The molecule has 0 radical (unpaired) electrons. The summed E-state index contributed by atoms with van der Waals surface area (Å²) in [6.45, 7) is 3.42. The van der Waals surface area contributed by atoms with Crippen molar-refractivity contribution in [1.29, 1.82) is 0 Å². The summed E-state index contributed by atoms with van der Waals surface area (Å²) in [5.74, 6) is -1.44. The van der Waals surface area contributed by atoms with Crippen LogP contribution in [0.2, 0.25) is 5.02 Å². The zero-order chi connectivity index (χ0) is 30.0. The summed E-state index contributed by atoms with van der Waals surface area (Å²) in [4.78, 5) is 17.6. The van der Waals surface area contributed by atoms with Crippen LogP contribution in [0.15, 0.2) is 48.7 Å². The Balaban J connectivity index is 0.00000423. The first-order valence-electron chi connectivity index (χ1n) is 13.8. The van der Waals surface area contributed by atoms with E-state index in [9.17, 15) is 31.9 Å². The molecule has 43 heavy (non-hydrogen) atoms. The maximum Gasteiger partial charge on any atom is 0.390 e. The molecule has 2 aromatic carbocycles. The highest BCUT2D eigenvalue weighted by Gasteiger charge is 2.32.